The van der Waals surface area contributed by atoms with E-state index in [4.69, 9.17) is 5.73 Å². The first-order valence-electron chi connectivity index (χ1n) is 2.84. The Morgan fingerprint density at radius 1 is 1.44 bits per heavy atom. The van der Waals surface area contributed by atoms with Crippen molar-refractivity contribution >= 4 is 24.2 Å². The Balaban J connectivity index is 0. The molecule has 0 aromatic rings. The first-order valence-corrected chi connectivity index (χ1v) is 4.00. The molecule has 0 amide bonds. The number of halogens is 1. The lowest BCUT2D eigenvalue weighted by Gasteiger charge is -1.86. The van der Waals surface area contributed by atoms with Gasteiger partial charge in [-0.1, -0.05) is 19.1 Å². The lowest BCUT2D eigenvalue weighted by atomic mass is 10.5. The molecule has 9 heavy (non-hydrogen) atoms. The number of hydrogen-bond acceptors (Lipinski definition) is 2. The van der Waals surface area contributed by atoms with Crippen LogP contribution in [-0.2, 0) is 0 Å². The zero-order valence-electron chi connectivity index (χ0n) is 5.67. The van der Waals surface area contributed by atoms with E-state index in [1.807, 2.05) is 17.8 Å². The second-order valence-corrected chi connectivity index (χ2v) is 2.69. The molecule has 0 aliphatic carbocycles. The maximum atomic E-state index is 5.21. The van der Waals surface area contributed by atoms with Crippen molar-refractivity contribution in [2.75, 3.05) is 18.1 Å². The molecule has 0 rings (SSSR count). The summed E-state index contributed by atoms with van der Waals surface area (Å²) in [6, 6.07) is 0. The van der Waals surface area contributed by atoms with Crippen LogP contribution in [0.3, 0.4) is 0 Å². The number of nitrogens with two attached hydrogens (primary N) is 1. The molecule has 1 nitrogen and oxygen atoms in total. The highest BCUT2D eigenvalue weighted by molar-refractivity contribution is 7.99. The number of hydrogen-bond donors (Lipinski definition) is 1. The van der Waals surface area contributed by atoms with Crippen molar-refractivity contribution in [1.29, 1.82) is 0 Å². The molecule has 0 radical (unpaired) electrons. The van der Waals surface area contributed by atoms with Crippen LogP contribution in [0.15, 0.2) is 12.2 Å². The summed E-state index contributed by atoms with van der Waals surface area (Å²) in [5.74, 6) is 2.29. The van der Waals surface area contributed by atoms with Crippen molar-refractivity contribution in [1.82, 2.24) is 0 Å². The van der Waals surface area contributed by atoms with Gasteiger partial charge in [-0.05, 0) is 5.75 Å². The van der Waals surface area contributed by atoms with Gasteiger partial charge in [0.25, 0.3) is 0 Å². The van der Waals surface area contributed by atoms with Gasteiger partial charge in [-0.3, -0.25) is 0 Å². The fraction of sp³-hybridized carbons (Fsp3) is 0.667. The Bertz CT molecular complexity index is 66.1. The molecule has 0 saturated carbocycles. The highest BCUT2D eigenvalue weighted by atomic mass is 35.5. The fourth-order valence-corrected chi connectivity index (χ4v) is 0.858. The van der Waals surface area contributed by atoms with Crippen molar-refractivity contribution in [2.45, 2.75) is 6.92 Å². The first kappa shape index (κ1) is 12.1. The van der Waals surface area contributed by atoms with Gasteiger partial charge in [-0.15, -0.1) is 12.4 Å². The van der Waals surface area contributed by atoms with E-state index in [0.29, 0.717) is 6.54 Å². The van der Waals surface area contributed by atoms with Gasteiger partial charge in [0.05, 0.1) is 0 Å². The van der Waals surface area contributed by atoms with Crippen LogP contribution in [0.2, 0.25) is 0 Å². The largest absolute Gasteiger partial charge is 0.327 e. The molecule has 0 aromatic carbocycles. The average Bonchev–Trinajstić information content (AvgIpc) is 1.81. The molecule has 0 atom stereocenters. The smallest absolute Gasteiger partial charge is 0.0113 e. The molecule has 0 unspecified atom stereocenters. The third-order valence-corrected chi connectivity index (χ3v) is 1.56. The summed E-state index contributed by atoms with van der Waals surface area (Å²) in [7, 11) is 0. The van der Waals surface area contributed by atoms with Gasteiger partial charge in [-0.2, -0.15) is 11.8 Å². The number of rotatable bonds is 4. The summed E-state index contributed by atoms with van der Waals surface area (Å²) >= 11 is 1.91. The van der Waals surface area contributed by atoms with Crippen LogP contribution in [0.4, 0.5) is 0 Å². The summed E-state index contributed by atoms with van der Waals surface area (Å²) < 4.78 is 0. The van der Waals surface area contributed by atoms with Gasteiger partial charge < -0.3 is 5.73 Å². The zero-order chi connectivity index (χ0) is 6.24. The molecule has 0 fully saturated rings. The minimum Gasteiger partial charge on any atom is -0.327 e. The van der Waals surface area contributed by atoms with E-state index < -0.39 is 0 Å². The zero-order valence-corrected chi connectivity index (χ0v) is 7.30. The summed E-state index contributed by atoms with van der Waals surface area (Å²) in [6.07, 6.45) is 4.09. The van der Waals surface area contributed by atoms with Gasteiger partial charge in [-0.25, -0.2) is 0 Å². The summed E-state index contributed by atoms with van der Waals surface area (Å²) in [5, 5.41) is 0. The van der Waals surface area contributed by atoms with Crippen LogP contribution in [0, 0.1) is 0 Å². The fourth-order valence-electron chi connectivity index (χ4n) is 0.350. The molecular weight excluding hydrogens is 154 g/mol. The van der Waals surface area contributed by atoms with E-state index in [1.54, 1.807) is 0 Å². The molecule has 3 heteroatoms. The molecule has 0 spiro atoms. The van der Waals surface area contributed by atoms with Gasteiger partial charge in [0, 0.05) is 12.3 Å². The van der Waals surface area contributed by atoms with Gasteiger partial charge in [0.2, 0.25) is 0 Å². The van der Waals surface area contributed by atoms with Crippen LogP contribution in [0.5, 0.6) is 0 Å². The molecule has 2 N–H and O–H groups in total. The van der Waals surface area contributed by atoms with Crippen molar-refractivity contribution in [3.8, 4) is 0 Å². The Morgan fingerprint density at radius 3 is 2.56 bits per heavy atom. The molecule has 0 aromatic heterocycles. The van der Waals surface area contributed by atoms with Crippen LogP contribution in [0.25, 0.3) is 0 Å². The minimum atomic E-state index is 0. The Hall–Kier alpha value is 0.340. The molecular formula is C6H14ClNS. The highest BCUT2D eigenvalue weighted by Gasteiger charge is 1.74. The molecule has 0 heterocycles. The van der Waals surface area contributed by atoms with Crippen LogP contribution >= 0.6 is 24.2 Å². The Labute approximate surface area is 67.5 Å². The van der Waals surface area contributed by atoms with Crippen molar-refractivity contribution in [2.24, 2.45) is 5.73 Å². The molecule has 0 aliphatic rings. The Morgan fingerprint density at radius 2 is 2.11 bits per heavy atom. The quantitative estimate of drug-likeness (QED) is 0.510. The van der Waals surface area contributed by atoms with E-state index in [-0.39, 0.29) is 12.4 Å². The molecule has 0 bridgehead atoms. The standard InChI is InChI=1S/C6H13NS.ClH/c1-2-8-6-4-3-5-7;/h3-4H,2,5-7H2,1H3;1H/b4-3+;. The van der Waals surface area contributed by atoms with Crippen molar-refractivity contribution < 1.29 is 0 Å². The average molecular weight is 168 g/mol. The predicted octanol–water partition coefficient (Wildman–Crippen LogP) is 1.68. The summed E-state index contributed by atoms with van der Waals surface area (Å²) in [5.41, 5.74) is 5.21. The van der Waals surface area contributed by atoms with E-state index in [1.165, 1.54) is 5.75 Å². The third-order valence-electron chi connectivity index (χ3n) is 0.721. The SMILES string of the molecule is CCSC/C=C/CN.Cl. The molecule has 56 valence electrons. The minimum absolute atomic E-state index is 0. The van der Waals surface area contributed by atoms with Crippen molar-refractivity contribution in [3.63, 3.8) is 0 Å². The van der Waals surface area contributed by atoms with Gasteiger partial charge in [0.1, 0.15) is 0 Å². The molecule has 0 aliphatic heterocycles. The van der Waals surface area contributed by atoms with E-state index in [9.17, 15) is 0 Å². The second kappa shape index (κ2) is 11.2. The predicted molar refractivity (Wildman–Crippen MR) is 48.4 cm³/mol. The van der Waals surface area contributed by atoms with Crippen LogP contribution in [0.1, 0.15) is 6.92 Å². The number of thioether (sulfide) groups is 1. The first-order chi connectivity index (χ1) is 3.91. The Kier molecular flexibility index (Phi) is 15.0. The van der Waals surface area contributed by atoms with Crippen LogP contribution < -0.4 is 5.73 Å². The van der Waals surface area contributed by atoms with Crippen LogP contribution in [-0.4, -0.2) is 18.1 Å². The maximum absolute atomic E-state index is 5.21. The highest BCUT2D eigenvalue weighted by Crippen LogP contribution is 1.96. The van der Waals surface area contributed by atoms with Gasteiger partial charge in [0.15, 0.2) is 0 Å². The lowest BCUT2D eigenvalue weighted by molar-refractivity contribution is 1.25. The maximum Gasteiger partial charge on any atom is 0.0113 e. The second-order valence-electron chi connectivity index (χ2n) is 1.37. The van der Waals surface area contributed by atoms with Crippen molar-refractivity contribution in [3.05, 3.63) is 12.2 Å². The summed E-state index contributed by atoms with van der Waals surface area (Å²) in [4.78, 5) is 0. The monoisotopic (exact) mass is 167 g/mol. The van der Waals surface area contributed by atoms with E-state index in [2.05, 4.69) is 13.0 Å². The molecule has 0 saturated heterocycles. The normalized spacial score (nSPS) is 9.56. The van der Waals surface area contributed by atoms with E-state index >= 15 is 0 Å². The topological polar surface area (TPSA) is 26.0 Å². The summed E-state index contributed by atoms with van der Waals surface area (Å²) in [6.45, 7) is 2.82. The van der Waals surface area contributed by atoms with E-state index in [0.717, 1.165) is 5.75 Å². The lowest BCUT2D eigenvalue weighted by Crippen LogP contribution is -1.92. The van der Waals surface area contributed by atoms with Gasteiger partial charge >= 0.3 is 0 Å². The third kappa shape index (κ3) is 11.8.